The third kappa shape index (κ3) is 5.32. The van der Waals surface area contributed by atoms with Crippen LogP contribution in [-0.4, -0.2) is 24.1 Å². The topological polar surface area (TPSA) is 48.5 Å². The summed E-state index contributed by atoms with van der Waals surface area (Å²) in [6.45, 7) is 0. The molecular weight excluding hydrogens is 755 g/mol. The van der Waals surface area contributed by atoms with E-state index in [1.54, 1.807) is 0 Å². The summed E-state index contributed by atoms with van der Waals surface area (Å²) in [7, 11) is 0. The molecule has 0 spiro atoms. The SMILES string of the molecule is c1ccc(-n2c3ccccc3c3cc(-c4nc(-c5ccc(-n6c7ccc8ccccc8c7c7c8ccccc8ccc76)cc5)nc(-c5ccc6ccccc6c5)n4)ccc32)cc1. The van der Waals surface area contributed by atoms with Gasteiger partial charge in [-0.1, -0.05) is 133 Å². The summed E-state index contributed by atoms with van der Waals surface area (Å²) in [4.78, 5) is 15.6. The lowest BCUT2D eigenvalue weighted by Gasteiger charge is -2.12. The Hall–Kier alpha value is -8.41. The van der Waals surface area contributed by atoms with E-state index in [9.17, 15) is 0 Å². The minimum Gasteiger partial charge on any atom is -0.309 e. The number of benzene rings is 10. The Labute approximate surface area is 356 Å². The standard InChI is InChI=1S/C57H35N5/c1-2-16-43(17-3-1)61-49-21-11-10-20-47(49)48-35-42(28-31-50(48)61)57-59-55(58-56(60-57)41-23-22-36-12-4-5-15-40(36)34-41)39-24-29-44(30-25-39)62-51-32-26-37-13-6-8-18-45(37)53(51)54-46-19-9-7-14-38(46)27-33-52(54)62/h1-35H. The molecule has 0 bridgehead atoms. The molecule has 3 aromatic heterocycles. The van der Waals surface area contributed by atoms with Crippen LogP contribution in [0.4, 0.5) is 0 Å². The summed E-state index contributed by atoms with van der Waals surface area (Å²) in [5.74, 6) is 1.88. The zero-order valence-electron chi connectivity index (χ0n) is 33.4. The van der Waals surface area contributed by atoms with Crippen molar-refractivity contribution in [2.24, 2.45) is 0 Å². The minimum atomic E-state index is 0.621. The van der Waals surface area contributed by atoms with E-state index < -0.39 is 0 Å². The number of nitrogens with zero attached hydrogens (tertiary/aromatic N) is 5. The van der Waals surface area contributed by atoms with Gasteiger partial charge < -0.3 is 9.13 Å². The zero-order valence-corrected chi connectivity index (χ0v) is 33.4. The van der Waals surface area contributed by atoms with Crippen LogP contribution >= 0.6 is 0 Å². The summed E-state index contributed by atoms with van der Waals surface area (Å²) < 4.78 is 4.73. The molecule has 0 aliphatic heterocycles. The highest BCUT2D eigenvalue weighted by molar-refractivity contribution is 6.28. The first-order valence-corrected chi connectivity index (χ1v) is 21.0. The van der Waals surface area contributed by atoms with Crippen LogP contribution in [0.15, 0.2) is 212 Å². The second-order valence-corrected chi connectivity index (χ2v) is 16.0. The first kappa shape index (κ1) is 34.5. The predicted molar refractivity (Wildman–Crippen MR) is 257 cm³/mol. The fourth-order valence-corrected chi connectivity index (χ4v) is 9.64. The number of rotatable bonds is 5. The van der Waals surface area contributed by atoms with Crippen molar-refractivity contribution in [3.8, 4) is 45.5 Å². The molecule has 13 rings (SSSR count). The Morgan fingerprint density at radius 2 is 0.694 bits per heavy atom. The van der Waals surface area contributed by atoms with E-state index in [4.69, 9.17) is 15.0 Å². The van der Waals surface area contributed by atoms with Crippen molar-refractivity contribution in [3.05, 3.63) is 212 Å². The third-order valence-electron chi connectivity index (χ3n) is 12.5. The van der Waals surface area contributed by atoms with E-state index in [1.165, 1.54) is 54.1 Å². The molecule has 13 aromatic rings. The van der Waals surface area contributed by atoms with Gasteiger partial charge in [-0.25, -0.2) is 15.0 Å². The summed E-state index contributed by atoms with van der Waals surface area (Å²) in [6.07, 6.45) is 0. The predicted octanol–water partition coefficient (Wildman–Crippen LogP) is 14.5. The summed E-state index contributed by atoms with van der Waals surface area (Å²) in [6, 6.07) is 75.7. The van der Waals surface area contributed by atoms with Gasteiger partial charge in [-0.2, -0.15) is 0 Å². The molecule has 3 heterocycles. The van der Waals surface area contributed by atoms with Crippen molar-refractivity contribution in [2.45, 2.75) is 0 Å². The van der Waals surface area contributed by atoms with Gasteiger partial charge in [0.2, 0.25) is 0 Å². The average molecular weight is 790 g/mol. The molecule has 0 amide bonds. The van der Waals surface area contributed by atoms with E-state index in [1.807, 2.05) is 0 Å². The van der Waals surface area contributed by atoms with Gasteiger partial charge in [-0.3, -0.25) is 0 Å². The molecule has 0 fully saturated rings. The molecule has 0 radical (unpaired) electrons. The van der Waals surface area contributed by atoms with Gasteiger partial charge in [0, 0.05) is 49.6 Å². The summed E-state index contributed by atoms with van der Waals surface area (Å²) >= 11 is 0. The molecule has 288 valence electrons. The van der Waals surface area contributed by atoms with Gasteiger partial charge in [-0.15, -0.1) is 0 Å². The second kappa shape index (κ2) is 13.6. The van der Waals surface area contributed by atoms with Gasteiger partial charge >= 0.3 is 0 Å². The van der Waals surface area contributed by atoms with Crippen molar-refractivity contribution in [1.29, 1.82) is 0 Å². The lowest BCUT2D eigenvalue weighted by molar-refractivity contribution is 1.07. The lowest BCUT2D eigenvalue weighted by Crippen LogP contribution is -2.01. The molecule has 10 aromatic carbocycles. The number of hydrogen-bond donors (Lipinski definition) is 0. The highest BCUT2D eigenvalue weighted by Crippen LogP contribution is 2.41. The number of fused-ring (bicyclic) bond motifs is 11. The Kier molecular flexibility index (Phi) is 7.54. The quantitative estimate of drug-likeness (QED) is 0.174. The number of para-hydroxylation sites is 2. The van der Waals surface area contributed by atoms with Crippen LogP contribution in [0.2, 0.25) is 0 Å². The molecule has 62 heavy (non-hydrogen) atoms. The first-order valence-electron chi connectivity index (χ1n) is 21.0. The van der Waals surface area contributed by atoms with E-state index in [0.717, 1.165) is 49.9 Å². The van der Waals surface area contributed by atoms with Gasteiger partial charge in [0.1, 0.15) is 0 Å². The van der Waals surface area contributed by atoms with Crippen LogP contribution in [0.3, 0.4) is 0 Å². The molecule has 0 saturated heterocycles. The normalized spacial score (nSPS) is 11.9. The van der Waals surface area contributed by atoms with Crippen molar-refractivity contribution in [1.82, 2.24) is 24.1 Å². The highest BCUT2D eigenvalue weighted by atomic mass is 15.0. The van der Waals surface area contributed by atoms with Crippen LogP contribution < -0.4 is 0 Å². The molecule has 0 aliphatic carbocycles. The zero-order chi connectivity index (χ0) is 40.7. The van der Waals surface area contributed by atoms with E-state index in [-0.39, 0.29) is 0 Å². The third-order valence-corrected chi connectivity index (χ3v) is 12.5. The van der Waals surface area contributed by atoms with E-state index in [0.29, 0.717) is 17.5 Å². The Morgan fingerprint density at radius 1 is 0.258 bits per heavy atom. The first-order chi connectivity index (χ1) is 30.7. The lowest BCUT2D eigenvalue weighted by atomic mass is 10.00. The highest BCUT2D eigenvalue weighted by Gasteiger charge is 2.19. The van der Waals surface area contributed by atoms with E-state index >= 15 is 0 Å². The maximum Gasteiger partial charge on any atom is 0.164 e. The number of aromatic nitrogens is 5. The molecule has 0 aliphatic rings. The second-order valence-electron chi connectivity index (χ2n) is 16.0. The average Bonchev–Trinajstić information content (AvgIpc) is 3.87. The van der Waals surface area contributed by atoms with Gasteiger partial charge in [-0.05, 0) is 111 Å². The Balaban J connectivity index is 0.992. The smallest absolute Gasteiger partial charge is 0.164 e. The molecular formula is C57H35N5. The largest absolute Gasteiger partial charge is 0.309 e. The monoisotopic (exact) mass is 789 g/mol. The minimum absolute atomic E-state index is 0.621. The van der Waals surface area contributed by atoms with Gasteiger partial charge in [0.15, 0.2) is 17.5 Å². The van der Waals surface area contributed by atoms with Crippen molar-refractivity contribution in [3.63, 3.8) is 0 Å². The molecule has 0 saturated carbocycles. The van der Waals surface area contributed by atoms with Crippen molar-refractivity contribution < 1.29 is 0 Å². The van der Waals surface area contributed by atoms with Crippen LogP contribution in [-0.2, 0) is 0 Å². The van der Waals surface area contributed by atoms with Crippen molar-refractivity contribution in [2.75, 3.05) is 0 Å². The molecule has 0 atom stereocenters. The van der Waals surface area contributed by atoms with Crippen molar-refractivity contribution >= 4 is 75.9 Å². The number of hydrogen-bond acceptors (Lipinski definition) is 3. The summed E-state index contributed by atoms with van der Waals surface area (Å²) in [5, 5.41) is 12.1. The van der Waals surface area contributed by atoms with Crippen LogP contribution in [0.1, 0.15) is 0 Å². The van der Waals surface area contributed by atoms with E-state index in [2.05, 4.69) is 221 Å². The molecule has 5 nitrogen and oxygen atoms in total. The Bertz CT molecular complexity index is 3820. The molecule has 0 unspecified atom stereocenters. The van der Waals surface area contributed by atoms with Crippen LogP contribution in [0, 0.1) is 0 Å². The molecule has 0 N–H and O–H groups in total. The van der Waals surface area contributed by atoms with Gasteiger partial charge in [0.05, 0.1) is 22.1 Å². The summed E-state index contributed by atoms with van der Waals surface area (Å²) in [5.41, 5.74) is 9.62. The van der Waals surface area contributed by atoms with Crippen LogP contribution in [0.25, 0.3) is 121 Å². The fourth-order valence-electron chi connectivity index (χ4n) is 9.64. The van der Waals surface area contributed by atoms with Gasteiger partial charge in [0.25, 0.3) is 0 Å². The Morgan fingerprint density at radius 3 is 1.37 bits per heavy atom. The maximum atomic E-state index is 5.24. The van der Waals surface area contributed by atoms with Crippen LogP contribution in [0.5, 0.6) is 0 Å². The maximum absolute atomic E-state index is 5.24. The fraction of sp³-hybridized carbons (Fsp3) is 0. The molecule has 5 heteroatoms.